The predicted octanol–water partition coefficient (Wildman–Crippen LogP) is 2.93. The standard InChI is InChI=1S/C17H28N2/c1-19(12-11-15-7-3-2-4-8-15)14-17-10-6-5-9-16(17)13-18/h2-4,7-8,16-17H,5-6,9-14,18H2,1H3. The van der Waals surface area contributed by atoms with Crippen molar-refractivity contribution in [3.63, 3.8) is 0 Å². The Morgan fingerprint density at radius 1 is 1.11 bits per heavy atom. The quantitative estimate of drug-likeness (QED) is 0.852. The van der Waals surface area contributed by atoms with Gasteiger partial charge in [0.2, 0.25) is 0 Å². The van der Waals surface area contributed by atoms with Crippen LogP contribution in [0.25, 0.3) is 0 Å². The highest BCUT2D eigenvalue weighted by Gasteiger charge is 2.24. The summed E-state index contributed by atoms with van der Waals surface area (Å²) in [6.07, 6.45) is 6.64. The Kier molecular flexibility index (Phi) is 5.87. The minimum Gasteiger partial charge on any atom is -0.330 e. The SMILES string of the molecule is CN(CCc1ccccc1)CC1CCCCC1CN. The van der Waals surface area contributed by atoms with Crippen LogP contribution in [0.4, 0.5) is 0 Å². The fraction of sp³-hybridized carbons (Fsp3) is 0.647. The van der Waals surface area contributed by atoms with Crippen molar-refractivity contribution in [1.29, 1.82) is 0 Å². The molecule has 2 unspecified atom stereocenters. The first kappa shape index (κ1) is 14.5. The zero-order chi connectivity index (χ0) is 13.5. The lowest BCUT2D eigenvalue weighted by Gasteiger charge is -2.33. The molecule has 0 radical (unpaired) electrons. The molecule has 0 spiro atoms. The first-order valence-corrected chi connectivity index (χ1v) is 7.72. The molecule has 0 saturated heterocycles. The topological polar surface area (TPSA) is 29.3 Å². The molecule has 0 aromatic heterocycles. The maximum atomic E-state index is 5.92. The van der Waals surface area contributed by atoms with Gasteiger partial charge in [0, 0.05) is 13.1 Å². The first-order valence-electron chi connectivity index (χ1n) is 7.72. The van der Waals surface area contributed by atoms with E-state index in [1.165, 1.54) is 37.8 Å². The van der Waals surface area contributed by atoms with Gasteiger partial charge in [-0.2, -0.15) is 0 Å². The molecule has 0 heterocycles. The molecule has 106 valence electrons. The Balaban J connectivity index is 1.75. The molecule has 19 heavy (non-hydrogen) atoms. The molecule has 2 heteroatoms. The third-order valence-corrected chi connectivity index (χ3v) is 4.54. The van der Waals surface area contributed by atoms with Crippen LogP contribution in [-0.2, 0) is 6.42 Å². The highest BCUT2D eigenvalue weighted by atomic mass is 15.1. The number of hydrogen-bond acceptors (Lipinski definition) is 2. The molecule has 2 rings (SSSR count). The van der Waals surface area contributed by atoms with Gasteiger partial charge in [-0.05, 0) is 50.3 Å². The fourth-order valence-electron chi connectivity index (χ4n) is 3.29. The maximum Gasteiger partial charge on any atom is 0.00189 e. The Labute approximate surface area is 118 Å². The smallest absolute Gasteiger partial charge is 0.00189 e. The summed E-state index contributed by atoms with van der Waals surface area (Å²) in [6.45, 7) is 3.24. The third kappa shape index (κ3) is 4.63. The molecule has 1 saturated carbocycles. The van der Waals surface area contributed by atoms with E-state index in [0.717, 1.165) is 31.3 Å². The maximum absolute atomic E-state index is 5.92. The summed E-state index contributed by atoms with van der Waals surface area (Å²) in [5.41, 5.74) is 7.35. The lowest BCUT2D eigenvalue weighted by atomic mass is 9.79. The second-order valence-corrected chi connectivity index (χ2v) is 6.04. The first-order chi connectivity index (χ1) is 9.29. The van der Waals surface area contributed by atoms with Crippen molar-refractivity contribution in [2.75, 3.05) is 26.7 Å². The van der Waals surface area contributed by atoms with Crippen molar-refractivity contribution < 1.29 is 0 Å². The number of benzene rings is 1. The van der Waals surface area contributed by atoms with Crippen molar-refractivity contribution in [2.24, 2.45) is 17.6 Å². The van der Waals surface area contributed by atoms with E-state index in [4.69, 9.17) is 5.73 Å². The summed E-state index contributed by atoms with van der Waals surface area (Å²) in [6, 6.07) is 10.8. The Bertz CT molecular complexity index is 350. The number of rotatable bonds is 6. The van der Waals surface area contributed by atoms with Gasteiger partial charge in [0.15, 0.2) is 0 Å². The molecule has 0 bridgehead atoms. The van der Waals surface area contributed by atoms with Gasteiger partial charge in [-0.15, -0.1) is 0 Å². The normalized spacial score (nSPS) is 23.7. The van der Waals surface area contributed by atoms with E-state index < -0.39 is 0 Å². The van der Waals surface area contributed by atoms with Gasteiger partial charge in [0.25, 0.3) is 0 Å². The van der Waals surface area contributed by atoms with Crippen molar-refractivity contribution in [3.8, 4) is 0 Å². The van der Waals surface area contributed by atoms with Crippen LogP contribution in [0.2, 0.25) is 0 Å². The van der Waals surface area contributed by atoms with Crippen LogP contribution in [0, 0.1) is 11.8 Å². The number of nitrogens with zero attached hydrogens (tertiary/aromatic N) is 1. The molecule has 1 aromatic rings. The molecular formula is C17H28N2. The van der Waals surface area contributed by atoms with Gasteiger partial charge < -0.3 is 10.6 Å². The van der Waals surface area contributed by atoms with E-state index in [0.29, 0.717) is 0 Å². The van der Waals surface area contributed by atoms with Crippen LogP contribution in [0.1, 0.15) is 31.2 Å². The van der Waals surface area contributed by atoms with Crippen molar-refractivity contribution in [2.45, 2.75) is 32.1 Å². The van der Waals surface area contributed by atoms with Gasteiger partial charge in [0.05, 0.1) is 0 Å². The summed E-state index contributed by atoms with van der Waals surface area (Å²) in [7, 11) is 2.26. The number of hydrogen-bond donors (Lipinski definition) is 1. The second kappa shape index (κ2) is 7.66. The molecule has 1 aromatic carbocycles. The highest BCUT2D eigenvalue weighted by molar-refractivity contribution is 5.14. The molecule has 1 aliphatic rings. The van der Waals surface area contributed by atoms with Gasteiger partial charge in [-0.25, -0.2) is 0 Å². The van der Waals surface area contributed by atoms with Crippen LogP contribution in [-0.4, -0.2) is 31.6 Å². The van der Waals surface area contributed by atoms with E-state index in [9.17, 15) is 0 Å². The summed E-state index contributed by atoms with van der Waals surface area (Å²) in [5.74, 6) is 1.58. The van der Waals surface area contributed by atoms with Gasteiger partial charge in [0.1, 0.15) is 0 Å². The molecule has 2 atom stereocenters. The zero-order valence-corrected chi connectivity index (χ0v) is 12.2. The van der Waals surface area contributed by atoms with E-state index >= 15 is 0 Å². The molecule has 1 aliphatic carbocycles. The zero-order valence-electron chi connectivity index (χ0n) is 12.2. The number of nitrogens with two attached hydrogens (primary N) is 1. The monoisotopic (exact) mass is 260 g/mol. The largest absolute Gasteiger partial charge is 0.330 e. The highest BCUT2D eigenvalue weighted by Crippen LogP contribution is 2.29. The van der Waals surface area contributed by atoms with Gasteiger partial charge in [-0.1, -0.05) is 43.2 Å². The Morgan fingerprint density at radius 3 is 2.47 bits per heavy atom. The third-order valence-electron chi connectivity index (χ3n) is 4.54. The average molecular weight is 260 g/mol. The van der Waals surface area contributed by atoms with Crippen LogP contribution in [0.15, 0.2) is 30.3 Å². The summed E-state index contributed by atoms with van der Waals surface area (Å²) >= 11 is 0. The lowest BCUT2D eigenvalue weighted by molar-refractivity contribution is 0.175. The summed E-state index contributed by atoms with van der Waals surface area (Å²) in [4.78, 5) is 2.49. The molecule has 2 N–H and O–H groups in total. The molecule has 0 amide bonds. The lowest BCUT2D eigenvalue weighted by Crippen LogP contribution is -2.36. The van der Waals surface area contributed by atoms with E-state index in [-0.39, 0.29) is 0 Å². The number of likely N-dealkylation sites (N-methyl/N-ethyl adjacent to an activating group) is 1. The minimum atomic E-state index is 0.757. The van der Waals surface area contributed by atoms with Crippen molar-refractivity contribution in [1.82, 2.24) is 4.90 Å². The van der Waals surface area contributed by atoms with Crippen molar-refractivity contribution in [3.05, 3.63) is 35.9 Å². The Hall–Kier alpha value is -0.860. The van der Waals surface area contributed by atoms with E-state index in [2.05, 4.69) is 42.3 Å². The van der Waals surface area contributed by atoms with Crippen LogP contribution in [0.5, 0.6) is 0 Å². The van der Waals surface area contributed by atoms with Crippen LogP contribution >= 0.6 is 0 Å². The molecule has 2 nitrogen and oxygen atoms in total. The van der Waals surface area contributed by atoms with Crippen molar-refractivity contribution >= 4 is 0 Å². The fourth-order valence-corrected chi connectivity index (χ4v) is 3.29. The van der Waals surface area contributed by atoms with E-state index in [1.807, 2.05) is 0 Å². The molecule has 1 fully saturated rings. The van der Waals surface area contributed by atoms with Gasteiger partial charge >= 0.3 is 0 Å². The minimum absolute atomic E-state index is 0.757. The average Bonchev–Trinajstić information content (AvgIpc) is 2.47. The summed E-state index contributed by atoms with van der Waals surface area (Å²) < 4.78 is 0. The Morgan fingerprint density at radius 2 is 1.79 bits per heavy atom. The second-order valence-electron chi connectivity index (χ2n) is 6.04. The molecule has 0 aliphatic heterocycles. The summed E-state index contributed by atoms with van der Waals surface area (Å²) in [5, 5.41) is 0. The van der Waals surface area contributed by atoms with Gasteiger partial charge in [-0.3, -0.25) is 0 Å². The van der Waals surface area contributed by atoms with E-state index in [1.54, 1.807) is 0 Å². The predicted molar refractivity (Wildman–Crippen MR) is 82.1 cm³/mol. The van der Waals surface area contributed by atoms with Crippen LogP contribution < -0.4 is 5.73 Å². The van der Waals surface area contributed by atoms with Crippen LogP contribution in [0.3, 0.4) is 0 Å². The molecular weight excluding hydrogens is 232 g/mol.